The van der Waals surface area contributed by atoms with Crippen molar-refractivity contribution in [2.75, 3.05) is 0 Å². The van der Waals surface area contributed by atoms with Gasteiger partial charge in [-0.1, -0.05) is 24.3 Å². The topological polar surface area (TPSA) is 94.9 Å². The lowest BCUT2D eigenvalue weighted by Crippen LogP contribution is -2.17. The number of ether oxygens (including phenoxy) is 2. The molecule has 4 rings (SSSR count). The van der Waals surface area contributed by atoms with E-state index in [1.165, 1.54) is 6.07 Å². The van der Waals surface area contributed by atoms with Crippen LogP contribution in [0.1, 0.15) is 16.7 Å². The molecule has 34 heavy (non-hydrogen) atoms. The molecule has 6 nitrogen and oxygen atoms in total. The van der Waals surface area contributed by atoms with Crippen LogP contribution >= 0.6 is 0 Å². The van der Waals surface area contributed by atoms with E-state index in [1.807, 2.05) is 36.4 Å². The summed E-state index contributed by atoms with van der Waals surface area (Å²) in [5, 5.41) is 9.96. The van der Waals surface area contributed by atoms with E-state index < -0.39 is 24.5 Å². The van der Waals surface area contributed by atoms with Gasteiger partial charge in [-0.3, -0.25) is 4.79 Å². The van der Waals surface area contributed by atoms with E-state index in [1.54, 1.807) is 12.3 Å². The number of carbonyl (C=O) groups is 1. The molecule has 0 aliphatic carbocycles. The summed E-state index contributed by atoms with van der Waals surface area (Å²) in [6.07, 6.45) is -3.74. The highest BCUT2D eigenvalue weighted by molar-refractivity contribution is 5.93. The van der Waals surface area contributed by atoms with Crippen molar-refractivity contribution in [2.45, 2.75) is 25.9 Å². The van der Waals surface area contributed by atoms with Gasteiger partial charge in [0.2, 0.25) is 0 Å². The minimum absolute atomic E-state index is 0.0110. The maximum atomic E-state index is 12.6. The molecule has 0 unspecified atom stereocenters. The van der Waals surface area contributed by atoms with E-state index in [9.17, 15) is 18.0 Å². The Bertz CT molecular complexity index is 1330. The van der Waals surface area contributed by atoms with Crippen LogP contribution < -0.4 is 15.2 Å². The molecule has 9 heteroatoms. The van der Waals surface area contributed by atoms with Gasteiger partial charge in [-0.2, -0.15) is 0 Å². The molecule has 1 aromatic heterocycles. The zero-order chi connectivity index (χ0) is 24.3. The first-order chi connectivity index (χ1) is 16.2. The first kappa shape index (κ1) is 23.2. The molecule has 0 bridgehead atoms. The zero-order valence-electron chi connectivity index (χ0n) is 17.8. The van der Waals surface area contributed by atoms with Crippen molar-refractivity contribution in [1.82, 2.24) is 0 Å². The molecule has 3 aromatic carbocycles. The van der Waals surface area contributed by atoms with Gasteiger partial charge in [0.05, 0.1) is 12.7 Å². The third-order valence-electron chi connectivity index (χ3n) is 5.09. The molecule has 0 aliphatic heterocycles. The molecule has 0 saturated carbocycles. The Morgan fingerprint density at radius 1 is 1.03 bits per heavy atom. The molecule has 0 aliphatic rings. The highest BCUT2D eigenvalue weighted by Gasteiger charge is 2.31. The van der Waals surface area contributed by atoms with Crippen LogP contribution in [0.2, 0.25) is 0 Å². The molecule has 176 valence electrons. The number of nitrogens with two attached hydrogens (primary N) is 1. The Kier molecular flexibility index (Phi) is 6.47. The van der Waals surface area contributed by atoms with Gasteiger partial charge in [-0.05, 0) is 47.0 Å². The normalized spacial score (nSPS) is 11.5. The van der Waals surface area contributed by atoms with Crippen molar-refractivity contribution in [3.05, 3.63) is 83.6 Å². The molecular formula is C25H20F3NO5. The summed E-state index contributed by atoms with van der Waals surface area (Å²) in [5.41, 5.74) is 10.0. The lowest BCUT2D eigenvalue weighted by atomic mass is 9.99. The van der Waals surface area contributed by atoms with Crippen LogP contribution in [-0.4, -0.2) is 17.4 Å². The number of carboxylic acid groups (broad SMARTS) is 1. The third-order valence-corrected chi connectivity index (χ3v) is 5.09. The molecule has 0 radical (unpaired) electrons. The number of benzene rings is 3. The summed E-state index contributed by atoms with van der Waals surface area (Å²) in [4.78, 5) is 11.2. The van der Waals surface area contributed by atoms with Gasteiger partial charge in [-0.25, -0.2) is 0 Å². The molecular weight excluding hydrogens is 451 g/mol. The van der Waals surface area contributed by atoms with Gasteiger partial charge in [0.15, 0.2) is 0 Å². The minimum Gasteiger partial charge on any atom is -0.488 e. The molecule has 0 saturated heterocycles. The predicted octanol–water partition coefficient (Wildman–Crippen LogP) is 5.66. The van der Waals surface area contributed by atoms with Crippen molar-refractivity contribution in [1.29, 1.82) is 0 Å². The maximum absolute atomic E-state index is 12.6. The second kappa shape index (κ2) is 9.48. The van der Waals surface area contributed by atoms with Crippen LogP contribution in [0.25, 0.3) is 22.1 Å². The number of rotatable bonds is 8. The molecule has 0 atom stereocenters. The largest absolute Gasteiger partial charge is 0.573 e. The first-order valence-electron chi connectivity index (χ1n) is 10.2. The number of fused-ring (bicyclic) bond motifs is 1. The van der Waals surface area contributed by atoms with Gasteiger partial charge in [0.1, 0.15) is 23.7 Å². The van der Waals surface area contributed by atoms with Gasteiger partial charge in [0, 0.05) is 29.1 Å². The molecule has 0 fully saturated rings. The van der Waals surface area contributed by atoms with E-state index >= 15 is 0 Å². The van der Waals surface area contributed by atoms with E-state index in [-0.39, 0.29) is 17.9 Å². The lowest BCUT2D eigenvalue weighted by Gasteiger charge is -2.15. The van der Waals surface area contributed by atoms with E-state index in [0.29, 0.717) is 17.7 Å². The molecule has 0 amide bonds. The highest BCUT2D eigenvalue weighted by atomic mass is 19.4. The number of furan rings is 1. The van der Waals surface area contributed by atoms with Gasteiger partial charge < -0.3 is 24.7 Å². The van der Waals surface area contributed by atoms with Crippen LogP contribution in [0.15, 0.2) is 71.3 Å². The van der Waals surface area contributed by atoms with Crippen LogP contribution in [0, 0.1) is 0 Å². The Hall–Kier alpha value is -3.98. The highest BCUT2D eigenvalue weighted by Crippen LogP contribution is 2.33. The second-order valence-corrected chi connectivity index (χ2v) is 7.56. The van der Waals surface area contributed by atoms with E-state index in [2.05, 4.69) is 4.74 Å². The molecule has 0 spiro atoms. The smallest absolute Gasteiger partial charge is 0.488 e. The number of hydrogen-bond donors (Lipinski definition) is 2. The van der Waals surface area contributed by atoms with Crippen molar-refractivity contribution in [2.24, 2.45) is 5.73 Å². The van der Waals surface area contributed by atoms with Gasteiger partial charge >= 0.3 is 12.3 Å². The summed E-state index contributed by atoms with van der Waals surface area (Å²) >= 11 is 0. The van der Waals surface area contributed by atoms with Crippen molar-refractivity contribution in [3.63, 3.8) is 0 Å². The summed E-state index contributed by atoms with van der Waals surface area (Å²) in [6.45, 7) is 0.355. The number of hydrogen-bond acceptors (Lipinski definition) is 5. The van der Waals surface area contributed by atoms with Crippen LogP contribution in [0.3, 0.4) is 0 Å². The number of alkyl halides is 3. The lowest BCUT2D eigenvalue weighted by molar-refractivity contribution is -0.274. The maximum Gasteiger partial charge on any atom is 0.573 e. The second-order valence-electron chi connectivity index (χ2n) is 7.56. The zero-order valence-corrected chi connectivity index (χ0v) is 17.8. The van der Waals surface area contributed by atoms with E-state index in [4.69, 9.17) is 20.0 Å². The minimum atomic E-state index is -4.88. The summed E-state index contributed by atoms with van der Waals surface area (Å²) in [6, 6.07) is 16.5. The Labute approximate surface area is 192 Å². The summed E-state index contributed by atoms with van der Waals surface area (Å²) in [5.74, 6) is -1.65. The average molecular weight is 471 g/mol. The molecule has 1 heterocycles. The predicted molar refractivity (Wildman–Crippen MR) is 118 cm³/mol. The Morgan fingerprint density at radius 2 is 1.85 bits per heavy atom. The molecule has 4 aromatic rings. The van der Waals surface area contributed by atoms with Gasteiger partial charge in [-0.15, -0.1) is 13.2 Å². The average Bonchev–Trinajstić information content (AvgIpc) is 3.26. The first-order valence-corrected chi connectivity index (χ1v) is 10.2. The van der Waals surface area contributed by atoms with Gasteiger partial charge in [0.25, 0.3) is 0 Å². The summed E-state index contributed by atoms with van der Waals surface area (Å²) in [7, 11) is 0. The van der Waals surface area contributed by atoms with Crippen LogP contribution in [0.4, 0.5) is 13.2 Å². The van der Waals surface area contributed by atoms with Crippen molar-refractivity contribution >= 4 is 16.9 Å². The monoisotopic (exact) mass is 471 g/mol. The Balaban J connectivity index is 1.67. The number of aliphatic carboxylic acids is 1. The Morgan fingerprint density at radius 3 is 2.59 bits per heavy atom. The standard InChI is InChI=1S/C25H20F3NO5/c26-25(27,28)34-20-5-4-18(11-23(30)31)22(12-20)33-14-16-9-19-6-7-32-24(19)21(10-16)17-3-1-2-15(8-17)13-29/h1-10,12H,11,13-14,29H2,(H,30,31). The SMILES string of the molecule is NCc1cccc(-c2cc(COc3cc(OC(F)(F)F)ccc3CC(=O)O)cc3ccoc23)c1. The summed E-state index contributed by atoms with van der Waals surface area (Å²) < 4.78 is 53.3. The molecule has 3 N–H and O–H groups in total. The van der Waals surface area contributed by atoms with Crippen molar-refractivity contribution < 1.29 is 37.0 Å². The number of halogens is 3. The quantitative estimate of drug-likeness (QED) is 0.344. The fourth-order valence-corrected chi connectivity index (χ4v) is 3.64. The fourth-order valence-electron chi connectivity index (χ4n) is 3.64. The van der Waals surface area contributed by atoms with E-state index in [0.717, 1.165) is 34.2 Å². The van der Waals surface area contributed by atoms with Crippen molar-refractivity contribution in [3.8, 4) is 22.6 Å². The van der Waals surface area contributed by atoms with Crippen LogP contribution in [0.5, 0.6) is 11.5 Å². The fraction of sp³-hybridized carbons (Fsp3) is 0.160. The van der Waals surface area contributed by atoms with Crippen LogP contribution in [-0.2, 0) is 24.4 Å². The third kappa shape index (κ3) is 5.49. The number of carboxylic acids is 1.